The lowest BCUT2D eigenvalue weighted by Gasteiger charge is -2.14. The van der Waals surface area contributed by atoms with Crippen LogP contribution in [-0.4, -0.2) is 23.3 Å². The number of primary amides is 1. The number of halogens is 1. The number of H-pyrrole nitrogens is 1. The van der Waals surface area contributed by atoms with Gasteiger partial charge in [-0.05, 0) is 30.2 Å². The molecule has 0 saturated heterocycles. The van der Waals surface area contributed by atoms with E-state index >= 15 is 0 Å². The SMILES string of the molecule is NC(=O)[C@@H](CNC(=O)c1ccc(=O)[nH]c1)Cc1ccc(F)cc1. The highest BCUT2D eigenvalue weighted by atomic mass is 19.1. The predicted octanol–water partition coefficient (Wildman–Crippen LogP) is 0.588. The van der Waals surface area contributed by atoms with Gasteiger partial charge < -0.3 is 16.0 Å². The van der Waals surface area contributed by atoms with E-state index in [2.05, 4.69) is 10.3 Å². The molecule has 4 N–H and O–H groups in total. The van der Waals surface area contributed by atoms with Crippen molar-refractivity contribution in [1.29, 1.82) is 0 Å². The topological polar surface area (TPSA) is 105 Å². The molecule has 1 atom stereocenters. The average Bonchev–Trinajstić information content (AvgIpc) is 2.53. The second-order valence-electron chi connectivity index (χ2n) is 5.08. The molecule has 0 radical (unpaired) electrons. The van der Waals surface area contributed by atoms with Gasteiger partial charge in [0.1, 0.15) is 5.82 Å². The standard InChI is InChI=1S/C16H16FN3O3/c17-13-4-1-10(2-5-13)7-12(15(18)22)9-20-16(23)11-3-6-14(21)19-8-11/h1-6,8,12H,7,9H2,(H2,18,22)(H,19,21)(H,20,23)/t12-/m1/s1. The largest absolute Gasteiger partial charge is 0.369 e. The summed E-state index contributed by atoms with van der Waals surface area (Å²) < 4.78 is 12.9. The number of hydrogen-bond donors (Lipinski definition) is 3. The third-order valence-corrected chi connectivity index (χ3v) is 3.35. The zero-order valence-electron chi connectivity index (χ0n) is 12.2. The highest BCUT2D eigenvalue weighted by Crippen LogP contribution is 2.10. The van der Waals surface area contributed by atoms with Crippen LogP contribution in [0.25, 0.3) is 0 Å². The molecular formula is C16H16FN3O3. The molecule has 1 aromatic heterocycles. The Kier molecular flexibility index (Phi) is 5.24. The number of nitrogens with one attached hydrogen (secondary N) is 2. The van der Waals surface area contributed by atoms with Crippen molar-refractivity contribution in [2.75, 3.05) is 6.54 Å². The molecule has 0 unspecified atom stereocenters. The third-order valence-electron chi connectivity index (χ3n) is 3.35. The molecule has 0 aliphatic heterocycles. The van der Waals surface area contributed by atoms with Gasteiger partial charge in [-0.2, -0.15) is 0 Å². The number of carbonyl (C=O) groups excluding carboxylic acids is 2. The summed E-state index contributed by atoms with van der Waals surface area (Å²) in [7, 11) is 0. The lowest BCUT2D eigenvalue weighted by molar-refractivity contribution is -0.121. The summed E-state index contributed by atoms with van der Waals surface area (Å²) in [5, 5.41) is 2.60. The van der Waals surface area contributed by atoms with E-state index in [1.165, 1.54) is 30.5 Å². The molecule has 0 fully saturated rings. The Balaban J connectivity index is 1.98. The fourth-order valence-corrected chi connectivity index (χ4v) is 2.05. The van der Waals surface area contributed by atoms with Crippen LogP contribution in [0.2, 0.25) is 0 Å². The first kappa shape index (κ1) is 16.4. The van der Waals surface area contributed by atoms with Crippen molar-refractivity contribution >= 4 is 11.8 Å². The minimum absolute atomic E-state index is 0.0463. The average molecular weight is 317 g/mol. The zero-order valence-corrected chi connectivity index (χ0v) is 12.2. The molecule has 0 bridgehead atoms. The van der Waals surface area contributed by atoms with Crippen molar-refractivity contribution in [2.24, 2.45) is 11.7 Å². The van der Waals surface area contributed by atoms with E-state index in [-0.39, 0.29) is 23.5 Å². The van der Waals surface area contributed by atoms with Gasteiger partial charge in [0.2, 0.25) is 11.5 Å². The molecule has 2 rings (SSSR count). The molecule has 2 aromatic rings. The van der Waals surface area contributed by atoms with Crippen LogP contribution >= 0.6 is 0 Å². The molecule has 23 heavy (non-hydrogen) atoms. The molecule has 0 aliphatic carbocycles. The van der Waals surface area contributed by atoms with Crippen molar-refractivity contribution in [3.8, 4) is 0 Å². The molecule has 7 heteroatoms. The first-order valence-electron chi connectivity index (χ1n) is 6.96. The summed E-state index contributed by atoms with van der Waals surface area (Å²) in [6.07, 6.45) is 1.58. The van der Waals surface area contributed by atoms with Crippen LogP contribution in [0.3, 0.4) is 0 Å². The third kappa shape index (κ3) is 4.77. The van der Waals surface area contributed by atoms with Gasteiger partial charge in [-0.1, -0.05) is 12.1 Å². The van der Waals surface area contributed by atoms with Gasteiger partial charge >= 0.3 is 0 Å². The van der Waals surface area contributed by atoms with E-state index in [1.807, 2.05) is 0 Å². The normalized spacial score (nSPS) is 11.7. The van der Waals surface area contributed by atoms with Gasteiger partial charge in [0.25, 0.3) is 5.91 Å². The fourth-order valence-electron chi connectivity index (χ4n) is 2.05. The van der Waals surface area contributed by atoms with E-state index in [0.717, 1.165) is 5.56 Å². The summed E-state index contributed by atoms with van der Waals surface area (Å²) in [6.45, 7) is 0.0463. The monoisotopic (exact) mass is 317 g/mol. The quantitative estimate of drug-likeness (QED) is 0.726. The Bertz CT molecular complexity index is 735. The van der Waals surface area contributed by atoms with Gasteiger partial charge in [-0.3, -0.25) is 14.4 Å². The van der Waals surface area contributed by atoms with E-state index in [0.29, 0.717) is 6.42 Å². The molecule has 120 valence electrons. The molecule has 0 saturated carbocycles. The van der Waals surface area contributed by atoms with Gasteiger partial charge in [-0.25, -0.2) is 4.39 Å². The summed E-state index contributed by atoms with van der Waals surface area (Å²) in [5.41, 5.74) is 6.05. The first-order valence-corrected chi connectivity index (χ1v) is 6.96. The number of benzene rings is 1. The molecule has 1 heterocycles. The van der Waals surface area contributed by atoms with Crippen LogP contribution in [0.1, 0.15) is 15.9 Å². The Morgan fingerprint density at radius 1 is 1.17 bits per heavy atom. The van der Waals surface area contributed by atoms with Crippen LogP contribution in [0.15, 0.2) is 47.4 Å². The Labute approximate surface area is 131 Å². The highest BCUT2D eigenvalue weighted by molar-refractivity contribution is 5.94. The minimum Gasteiger partial charge on any atom is -0.369 e. The summed E-state index contributed by atoms with van der Waals surface area (Å²) in [5.74, 6) is -1.97. The summed E-state index contributed by atoms with van der Waals surface area (Å²) >= 11 is 0. The Hall–Kier alpha value is -2.96. The highest BCUT2D eigenvalue weighted by Gasteiger charge is 2.17. The number of rotatable bonds is 6. The smallest absolute Gasteiger partial charge is 0.252 e. The predicted molar refractivity (Wildman–Crippen MR) is 82.2 cm³/mol. The van der Waals surface area contributed by atoms with Crippen LogP contribution in [0, 0.1) is 11.7 Å². The number of hydrogen-bond acceptors (Lipinski definition) is 3. The van der Waals surface area contributed by atoms with Crippen molar-refractivity contribution in [3.63, 3.8) is 0 Å². The molecule has 0 spiro atoms. The minimum atomic E-state index is -0.618. The van der Waals surface area contributed by atoms with Crippen LogP contribution in [-0.2, 0) is 11.2 Å². The van der Waals surface area contributed by atoms with E-state index in [1.54, 1.807) is 12.1 Å². The second-order valence-corrected chi connectivity index (χ2v) is 5.08. The van der Waals surface area contributed by atoms with Crippen molar-refractivity contribution < 1.29 is 14.0 Å². The van der Waals surface area contributed by atoms with Crippen LogP contribution in [0.4, 0.5) is 4.39 Å². The van der Waals surface area contributed by atoms with Gasteiger partial charge in [0.05, 0.1) is 11.5 Å². The maximum Gasteiger partial charge on any atom is 0.252 e. The first-order chi connectivity index (χ1) is 11.0. The number of aromatic nitrogens is 1. The molecule has 1 aromatic carbocycles. The Morgan fingerprint density at radius 2 is 1.87 bits per heavy atom. The van der Waals surface area contributed by atoms with E-state index < -0.39 is 17.7 Å². The maximum absolute atomic E-state index is 12.9. The van der Waals surface area contributed by atoms with Crippen LogP contribution in [0.5, 0.6) is 0 Å². The van der Waals surface area contributed by atoms with Crippen LogP contribution < -0.4 is 16.6 Å². The van der Waals surface area contributed by atoms with Gasteiger partial charge in [0, 0.05) is 18.8 Å². The van der Waals surface area contributed by atoms with Crippen molar-refractivity contribution in [3.05, 3.63) is 69.9 Å². The van der Waals surface area contributed by atoms with E-state index in [4.69, 9.17) is 5.73 Å². The lowest BCUT2D eigenvalue weighted by atomic mass is 9.98. The molecule has 6 nitrogen and oxygen atoms in total. The number of carbonyl (C=O) groups is 2. The van der Waals surface area contributed by atoms with Gasteiger partial charge in [0.15, 0.2) is 0 Å². The Morgan fingerprint density at radius 3 is 2.43 bits per heavy atom. The number of nitrogens with two attached hydrogens (primary N) is 1. The number of aromatic amines is 1. The summed E-state index contributed by atoms with van der Waals surface area (Å²) in [4.78, 5) is 36.8. The molecule has 0 aliphatic rings. The van der Waals surface area contributed by atoms with Crippen molar-refractivity contribution in [2.45, 2.75) is 6.42 Å². The lowest BCUT2D eigenvalue weighted by Crippen LogP contribution is -2.37. The molecular weight excluding hydrogens is 301 g/mol. The maximum atomic E-state index is 12.9. The molecule has 2 amide bonds. The van der Waals surface area contributed by atoms with Gasteiger partial charge in [-0.15, -0.1) is 0 Å². The second kappa shape index (κ2) is 7.35. The van der Waals surface area contributed by atoms with Crippen molar-refractivity contribution in [1.82, 2.24) is 10.3 Å². The fraction of sp³-hybridized carbons (Fsp3) is 0.188. The number of amides is 2. The summed E-state index contributed by atoms with van der Waals surface area (Å²) in [6, 6.07) is 8.34. The number of pyridine rings is 1. The van der Waals surface area contributed by atoms with E-state index in [9.17, 15) is 18.8 Å². The zero-order chi connectivity index (χ0) is 16.8.